The van der Waals surface area contributed by atoms with Gasteiger partial charge >= 0.3 is 0 Å². The van der Waals surface area contributed by atoms with E-state index in [2.05, 4.69) is 0 Å². The van der Waals surface area contributed by atoms with Gasteiger partial charge in [-0.25, -0.2) is 8.42 Å². The lowest BCUT2D eigenvalue weighted by atomic mass is 10.1. The van der Waals surface area contributed by atoms with E-state index >= 15 is 0 Å². The average molecular weight is 325 g/mol. The van der Waals surface area contributed by atoms with Gasteiger partial charge in [0.25, 0.3) is 5.91 Å². The molecule has 0 spiro atoms. The third kappa shape index (κ3) is 2.77. The average Bonchev–Trinajstić information content (AvgIpc) is 2.81. The summed E-state index contributed by atoms with van der Waals surface area (Å²) in [5.74, 6) is 1.27. The summed E-state index contributed by atoms with van der Waals surface area (Å²) in [6.45, 7) is 4.45. The second-order valence-electron chi connectivity index (χ2n) is 6.12. The van der Waals surface area contributed by atoms with Crippen LogP contribution >= 0.6 is 0 Å². The molecule has 0 N–H and O–H groups in total. The highest BCUT2D eigenvalue weighted by atomic mass is 32.2. The molecule has 0 aliphatic carbocycles. The Bertz CT molecular complexity index is 692. The van der Waals surface area contributed by atoms with Crippen molar-refractivity contribution in [2.75, 3.05) is 25.6 Å². The van der Waals surface area contributed by atoms with Crippen molar-refractivity contribution in [2.24, 2.45) is 5.92 Å². The third-order valence-corrected chi connectivity index (χ3v) is 6.27. The van der Waals surface area contributed by atoms with Gasteiger partial charge in [0.2, 0.25) is 6.79 Å². The Hall–Kier alpha value is -1.76. The molecule has 2 aliphatic heterocycles. The van der Waals surface area contributed by atoms with Crippen LogP contribution in [0.2, 0.25) is 0 Å². The number of rotatable bonds is 4. The van der Waals surface area contributed by atoms with Crippen LogP contribution in [0, 0.1) is 5.92 Å². The van der Waals surface area contributed by atoms with Crippen LogP contribution in [0.4, 0.5) is 0 Å². The maximum absolute atomic E-state index is 12.4. The number of hydrogen-bond donors (Lipinski definition) is 0. The standard InChI is InChI=1S/C15H19NO5S/c1-10(2)8-22(18,19)12-6-16(7-12)15(17)11-3-4-13-14(5-11)21-9-20-13/h3-5,10,12H,6-9H2,1-2H3. The van der Waals surface area contributed by atoms with Gasteiger partial charge < -0.3 is 14.4 Å². The number of likely N-dealkylation sites (tertiary alicyclic amines) is 1. The molecule has 0 bridgehead atoms. The normalized spacial score (nSPS) is 17.7. The molecule has 0 unspecified atom stereocenters. The van der Waals surface area contributed by atoms with E-state index in [9.17, 15) is 13.2 Å². The Morgan fingerprint density at radius 3 is 2.64 bits per heavy atom. The van der Waals surface area contributed by atoms with Crippen LogP contribution in [-0.2, 0) is 9.84 Å². The highest BCUT2D eigenvalue weighted by Crippen LogP contribution is 2.33. The molecule has 1 fully saturated rings. The first-order chi connectivity index (χ1) is 10.4. The highest BCUT2D eigenvalue weighted by molar-refractivity contribution is 7.92. The molecule has 0 aromatic heterocycles. The number of nitrogens with zero attached hydrogens (tertiary/aromatic N) is 1. The summed E-state index contributed by atoms with van der Waals surface area (Å²) in [6.07, 6.45) is 0. The number of hydrogen-bond acceptors (Lipinski definition) is 5. The summed E-state index contributed by atoms with van der Waals surface area (Å²) in [5, 5.41) is -0.437. The van der Waals surface area contributed by atoms with Crippen molar-refractivity contribution >= 4 is 15.7 Å². The van der Waals surface area contributed by atoms with E-state index in [4.69, 9.17) is 9.47 Å². The Morgan fingerprint density at radius 1 is 1.27 bits per heavy atom. The Balaban J connectivity index is 1.64. The third-order valence-electron chi connectivity index (χ3n) is 3.83. The first kappa shape index (κ1) is 15.1. The molecule has 1 aromatic rings. The van der Waals surface area contributed by atoms with E-state index in [-0.39, 0.29) is 37.5 Å². The summed E-state index contributed by atoms with van der Waals surface area (Å²) in [6, 6.07) is 5.01. The first-order valence-corrected chi connectivity index (χ1v) is 8.99. The maximum atomic E-state index is 12.4. The summed E-state index contributed by atoms with van der Waals surface area (Å²) < 4.78 is 34.7. The van der Waals surface area contributed by atoms with Crippen molar-refractivity contribution in [3.8, 4) is 11.5 Å². The van der Waals surface area contributed by atoms with Crippen molar-refractivity contribution < 1.29 is 22.7 Å². The molecule has 1 saturated heterocycles. The van der Waals surface area contributed by atoms with Gasteiger partial charge in [0.1, 0.15) is 0 Å². The van der Waals surface area contributed by atoms with Crippen molar-refractivity contribution in [2.45, 2.75) is 19.1 Å². The Morgan fingerprint density at radius 2 is 1.95 bits per heavy atom. The number of carbonyl (C=O) groups excluding carboxylic acids is 1. The molecule has 7 heteroatoms. The molecule has 0 saturated carbocycles. The minimum absolute atomic E-state index is 0.101. The Kier molecular flexibility index (Phi) is 3.76. The fourth-order valence-corrected chi connectivity index (χ4v) is 4.66. The van der Waals surface area contributed by atoms with Gasteiger partial charge in [-0.15, -0.1) is 0 Å². The molecule has 2 aliphatic rings. The van der Waals surface area contributed by atoms with Gasteiger partial charge in [-0.1, -0.05) is 13.8 Å². The van der Waals surface area contributed by atoms with E-state index in [1.165, 1.54) is 0 Å². The molecule has 120 valence electrons. The van der Waals surface area contributed by atoms with Crippen LogP contribution in [0.15, 0.2) is 18.2 Å². The smallest absolute Gasteiger partial charge is 0.254 e. The molecule has 3 rings (SSSR count). The summed E-state index contributed by atoms with van der Waals surface area (Å²) >= 11 is 0. The fourth-order valence-electron chi connectivity index (χ4n) is 2.64. The molecule has 2 heterocycles. The lowest BCUT2D eigenvalue weighted by molar-refractivity contribution is 0.0658. The van der Waals surface area contributed by atoms with Crippen LogP contribution in [-0.4, -0.2) is 50.1 Å². The monoisotopic (exact) mass is 325 g/mol. The molecule has 0 atom stereocenters. The van der Waals surface area contributed by atoms with Gasteiger partial charge in [0.15, 0.2) is 21.3 Å². The zero-order valence-corrected chi connectivity index (χ0v) is 13.4. The molecule has 0 radical (unpaired) electrons. The van der Waals surface area contributed by atoms with Crippen molar-refractivity contribution in [1.29, 1.82) is 0 Å². The number of sulfone groups is 1. The maximum Gasteiger partial charge on any atom is 0.254 e. The van der Waals surface area contributed by atoms with Crippen molar-refractivity contribution in [1.82, 2.24) is 4.90 Å². The number of carbonyl (C=O) groups is 1. The van der Waals surface area contributed by atoms with Gasteiger partial charge in [0, 0.05) is 18.7 Å². The lowest BCUT2D eigenvalue weighted by Crippen LogP contribution is -2.57. The second-order valence-corrected chi connectivity index (χ2v) is 8.45. The molecule has 22 heavy (non-hydrogen) atoms. The van der Waals surface area contributed by atoms with E-state index in [0.29, 0.717) is 17.1 Å². The zero-order valence-electron chi connectivity index (χ0n) is 12.6. The van der Waals surface area contributed by atoms with Crippen LogP contribution in [0.25, 0.3) is 0 Å². The van der Waals surface area contributed by atoms with E-state index < -0.39 is 15.1 Å². The predicted molar refractivity (Wildman–Crippen MR) is 80.9 cm³/mol. The van der Waals surface area contributed by atoms with Gasteiger partial charge in [-0.2, -0.15) is 0 Å². The van der Waals surface area contributed by atoms with Gasteiger partial charge in [-0.3, -0.25) is 4.79 Å². The van der Waals surface area contributed by atoms with Crippen LogP contribution in [0.1, 0.15) is 24.2 Å². The van der Waals surface area contributed by atoms with Gasteiger partial charge in [0.05, 0.1) is 11.0 Å². The van der Waals surface area contributed by atoms with Gasteiger partial charge in [-0.05, 0) is 24.1 Å². The predicted octanol–water partition coefficient (Wildman–Crippen LogP) is 1.31. The molecular formula is C15H19NO5S. The topological polar surface area (TPSA) is 72.9 Å². The summed E-state index contributed by atoms with van der Waals surface area (Å²) in [7, 11) is -3.12. The van der Waals surface area contributed by atoms with E-state index in [1.54, 1.807) is 23.1 Å². The van der Waals surface area contributed by atoms with Crippen molar-refractivity contribution in [3.63, 3.8) is 0 Å². The van der Waals surface area contributed by atoms with E-state index in [1.807, 2.05) is 13.8 Å². The lowest BCUT2D eigenvalue weighted by Gasteiger charge is -2.39. The number of amides is 1. The number of benzene rings is 1. The van der Waals surface area contributed by atoms with Crippen molar-refractivity contribution in [3.05, 3.63) is 23.8 Å². The zero-order chi connectivity index (χ0) is 15.9. The number of ether oxygens (including phenoxy) is 2. The summed E-state index contributed by atoms with van der Waals surface area (Å²) in [4.78, 5) is 13.9. The molecule has 1 amide bonds. The Labute approximate surface area is 129 Å². The summed E-state index contributed by atoms with van der Waals surface area (Å²) in [5.41, 5.74) is 0.490. The van der Waals surface area contributed by atoms with Crippen LogP contribution < -0.4 is 9.47 Å². The SMILES string of the molecule is CC(C)CS(=O)(=O)C1CN(C(=O)c2ccc3c(c2)OCO3)C1. The highest BCUT2D eigenvalue weighted by Gasteiger charge is 2.40. The minimum atomic E-state index is -3.12. The largest absolute Gasteiger partial charge is 0.454 e. The van der Waals surface area contributed by atoms with E-state index in [0.717, 1.165) is 0 Å². The molecule has 1 aromatic carbocycles. The quantitative estimate of drug-likeness (QED) is 0.834. The van der Waals surface area contributed by atoms with Crippen LogP contribution in [0.3, 0.4) is 0 Å². The first-order valence-electron chi connectivity index (χ1n) is 7.27. The molecular weight excluding hydrogens is 306 g/mol. The number of fused-ring (bicyclic) bond motifs is 1. The fraction of sp³-hybridized carbons (Fsp3) is 0.533. The second kappa shape index (κ2) is 5.46. The molecule has 6 nitrogen and oxygen atoms in total. The minimum Gasteiger partial charge on any atom is -0.454 e. The van der Waals surface area contributed by atoms with Crippen LogP contribution in [0.5, 0.6) is 11.5 Å².